The summed E-state index contributed by atoms with van der Waals surface area (Å²) in [5.74, 6) is 7.26. The standard InChI is InChI=1S/C14H26/c1-6-12-11(5)13(12)7-8(2)14-9(3)10(14)4/h8-14H,6-7H2,1-5H3. The van der Waals surface area contributed by atoms with E-state index in [4.69, 9.17) is 0 Å². The second kappa shape index (κ2) is 3.54. The van der Waals surface area contributed by atoms with E-state index in [1.807, 2.05) is 0 Å². The molecule has 14 heavy (non-hydrogen) atoms. The third kappa shape index (κ3) is 1.61. The first kappa shape index (κ1) is 10.5. The van der Waals surface area contributed by atoms with Crippen molar-refractivity contribution in [3.8, 4) is 0 Å². The zero-order valence-electron chi connectivity index (χ0n) is 10.5. The predicted octanol–water partition coefficient (Wildman–Crippen LogP) is 4.21. The molecule has 2 aliphatic carbocycles. The molecule has 0 aromatic carbocycles. The molecule has 0 heterocycles. The van der Waals surface area contributed by atoms with E-state index in [1.54, 1.807) is 0 Å². The lowest BCUT2D eigenvalue weighted by Gasteiger charge is -2.10. The van der Waals surface area contributed by atoms with Gasteiger partial charge in [-0.1, -0.05) is 41.0 Å². The van der Waals surface area contributed by atoms with Crippen LogP contribution in [0.5, 0.6) is 0 Å². The Morgan fingerprint density at radius 2 is 1.50 bits per heavy atom. The van der Waals surface area contributed by atoms with E-state index < -0.39 is 0 Å². The lowest BCUT2D eigenvalue weighted by molar-refractivity contribution is 0.395. The average Bonchev–Trinajstić information content (AvgIpc) is 2.94. The van der Waals surface area contributed by atoms with Gasteiger partial charge in [0.15, 0.2) is 0 Å². The zero-order valence-corrected chi connectivity index (χ0v) is 10.5. The van der Waals surface area contributed by atoms with E-state index in [9.17, 15) is 0 Å². The molecule has 0 aromatic heterocycles. The summed E-state index contributed by atoms with van der Waals surface area (Å²) in [6, 6.07) is 0. The van der Waals surface area contributed by atoms with Crippen LogP contribution < -0.4 is 0 Å². The van der Waals surface area contributed by atoms with E-state index >= 15 is 0 Å². The first-order chi connectivity index (χ1) is 6.57. The molecule has 0 bridgehead atoms. The van der Waals surface area contributed by atoms with E-state index in [0.717, 1.165) is 41.4 Å². The molecule has 2 rings (SSSR count). The number of hydrogen-bond donors (Lipinski definition) is 0. The molecule has 0 heteroatoms. The van der Waals surface area contributed by atoms with Gasteiger partial charge in [0.25, 0.3) is 0 Å². The van der Waals surface area contributed by atoms with Crippen LogP contribution in [0, 0.1) is 41.4 Å². The quantitative estimate of drug-likeness (QED) is 0.629. The highest BCUT2D eigenvalue weighted by atomic mass is 14.6. The second-order valence-electron chi connectivity index (χ2n) is 6.10. The van der Waals surface area contributed by atoms with Gasteiger partial charge in [-0.3, -0.25) is 0 Å². The first-order valence-electron chi connectivity index (χ1n) is 6.57. The van der Waals surface area contributed by atoms with E-state index in [0.29, 0.717) is 0 Å². The van der Waals surface area contributed by atoms with Gasteiger partial charge in [0.05, 0.1) is 0 Å². The van der Waals surface area contributed by atoms with E-state index in [2.05, 4.69) is 34.6 Å². The summed E-state index contributed by atoms with van der Waals surface area (Å²) < 4.78 is 0. The highest BCUT2D eigenvalue weighted by Crippen LogP contribution is 2.57. The van der Waals surface area contributed by atoms with Crippen LogP contribution in [-0.2, 0) is 0 Å². The number of rotatable bonds is 4. The van der Waals surface area contributed by atoms with Crippen molar-refractivity contribution in [2.45, 2.75) is 47.5 Å². The minimum Gasteiger partial charge on any atom is -0.0651 e. The third-order valence-corrected chi connectivity index (χ3v) is 5.43. The Bertz CT molecular complexity index is 200. The van der Waals surface area contributed by atoms with Gasteiger partial charge in [0, 0.05) is 0 Å². The van der Waals surface area contributed by atoms with Crippen molar-refractivity contribution < 1.29 is 0 Å². The average molecular weight is 194 g/mol. The Morgan fingerprint density at radius 3 is 1.86 bits per heavy atom. The molecule has 0 aliphatic heterocycles. The Balaban J connectivity index is 1.77. The van der Waals surface area contributed by atoms with Gasteiger partial charge in [-0.25, -0.2) is 0 Å². The van der Waals surface area contributed by atoms with Crippen LogP contribution in [0.15, 0.2) is 0 Å². The summed E-state index contributed by atoms with van der Waals surface area (Å²) in [7, 11) is 0. The molecular formula is C14H26. The van der Waals surface area contributed by atoms with Crippen LogP contribution in [0.4, 0.5) is 0 Å². The molecule has 0 amide bonds. The maximum Gasteiger partial charge on any atom is -0.0331 e. The molecule has 2 fully saturated rings. The second-order valence-corrected chi connectivity index (χ2v) is 6.10. The van der Waals surface area contributed by atoms with Gasteiger partial charge in [0.1, 0.15) is 0 Å². The molecule has 0 aromatic rings. The molecule has 6 atom stereocenters. The molecule has 0 radical (unpaired) electrons. The fraction of sp³-hybridized carbons (Fsp3) is 1.00. The van der Waals surface area contributed by atoms with Crippen molar-refractivity contribution in [2.75, 3.05) is 0 Å². The summed E-state index contributed by atoms with van der Waals surface area (Å²) >= 11 is 0. The van der Waals surface area contributed by atoms with Gasteiger partial charge >= 0.3 is 0 Å². The monoisotopic (exact) mass is 194 g/mol. The van der Waals surface area contributed by atoms with Crippen LogP contribution in [0.1, 0.15) is 47.5 Å². The molecule has 2 saturated carbocycles. The van der Waals surface area contributed by atoms with Gasteiger partial charge in [-0.15, -0.1) is 0 Å². The van der Waals surface area contributed by atoms with Gasteiger partial charge < -0.3 is 0 Å². The van der Waals surface area contributed by atoms with Crippen molar-refractivity contribution in [3.05, 3.63) is 0 Å². The molecule has 0 nitrogen and oxygen atoms in total. The largest absolute Gasteiger partial charge is 0.0651 e. The van der Waals surface area contributed by atoms with Crippen LogP contribution in [0.2, 0.25) is 0 Å². The molecule has 0 spiro atoms. The molecule has 0 saturated heterocycles. The summed E-state index contributed by atoms with van der Waals surface area (Å²) in [6.45, 7) is 12.2. The van der Waals surface area contributed by atoms with Gasteiger partial charge in [-0.2, -0.15) is 0 Å². The molecule has 0 N–H and O–H groups in total. The maximum atomic E-state index is 2.49. The summed E-state index contributed by atoms with van der Waals surface area (Å²) in [6.07, 6.45) is 2.92. The smallest absolute Gasteiger partial charge is 0.0331 e. The third-order valence-electron chi connectivity index (χ3n) is 5.43. The summed E-state index contributed by atoms with van der Waals surface area (Å²) in [5.41, 5.74) is 0. The van der Waals surface area contributed by atoms with E-state index in [1.165, 1.54) is 12.8 Å². The molecular weight excluding hydrogens is 168 g/mol. The predicted molar refractivity (Wildman–Crippen MR) is 62.0 cm³/mol. The lowest BCUT2D eigenvalue weighted by Crippen LogP contribution is -2.02. The highest BCUT2D eigenvalue weighted by Gasteiger charge is 2.50. The highest BCUT2D eigenvalue weighted by molar-refractivity contribution is 4.99. The molecule has 6 unspecified atom stereocenters. The van der Waals surface area contributed by atoms with Crippen LogP contribution in [0.25, 0.3) is 0 Å². The minimum atomic E-state index is 0.990. The Labute approximate surface area is 89.5 Å². The van der Waals surface area contributed by atoms with Crippen molar-refractivity contribution >= 4 is 0 Å². The Hall–Kier alpha value is 0. The van der Waals surface area contributed by atoms with Crippen molar-refractivity contribution in [2.24, 2.45) is 41.4 Å². The van der Waals surface area contributed by atoms with Gasteiger partial charge in [-0.05, 0) is 47.8 Å². The first-order valence-corrected chi connectivity index (χ1v) is 6.57. The normalized spacial score (nSPS) is 52.9. The van der Waals surface area contributed by atoms with Crippen molar-refractivity contribution in [1.82, 2.24) is 0 Å². The Kier molecular flexibility index (Phi) is 2.66. The van der Waals surface area contributed by atoms with Crippen LogP contribution >= 0.6 is 0 Å². The van der Waals surface area contributed by atoms with E-state index in [-0.39, 0.29) is 0 Å². The van der Waals surface area contributed by atoms with Crippen LogP contribution in [0.3, 0.4) is 0 Å². The fourth-order valence-corrected chi connectivity index (χ4v) is 4.02. The van der Waals surface area contributed by atoms with Gasteiger partial charge in [0.2, 0.25) is 0 Å². The Morgan fingerprint density at radius 1 is 0.929 bits per heavy atom. The summed E-state index contributed by atoms with van der Waals surface area (Å²) in [4.78, 5) is 0. The SMILES string of the molecule is CCC1C(C)C1CC(C)C1C(C)C1C. The number of hydrogen-bond acceptors (Lipinski definition) is 0. The zero-order chi connectivity index (χ0) is 10.5. The topological polar surface area (TPSA) is 0 Å². The maximum absolute atomic E-state index is 2.49. The minimum absolute atomic E-state index is 0.990. The fourth-order valence-electron chi connectivity index (χ4n) is 4.02. The van der Waals surface area contributed by atoms with Crippen molar-refractivity contribution in [3.63, 3.8) is 0 Å². The van der Waals surface area contributed by atoms with Crippen LogP contribution in [-0.4, -0.2) is 0 Å². The molecule has 82 valence electrons. The summed E-state index contributed by atoms with van der Waals surface area (Å²) in [5, 5.41) is 0. The van der Waals surface area contributed by atoms with Crippen molar-refractivity contribution in [1.29, 1.82) is 0 Å². The molecule has 2 aliphatic rings. The lowest BCUT2D eigenvalue weighted by atomic mass is 9.95.